The van der Waals surface area contributed by atoms with Gasteiger partial charge in [-0.05, 0) is 30.9 Å². The monoisotopic (exact) mass is 358 g/mol. The summed E-state index contributed by atoms with van der Waals surface area (Å²) < 4.78 is 0. The van der Waals surface area contributed by atoms with Crippen LogP contribution in [-0.4, -0.2) is 12.5 Å². The van der Waals surface area contributed by atoms with Crippen LogP contribution in [0.3, 0.4) is 0 Å². The summed E-state index contributed by atoms with van der Waals surface area (Å²) in [6, 6.07) is 18.1. The molecule has 0 radical (unpaired) electrons. The van der Waals surface area contributed by atoms with Crippen LogP contribution >= 0.6 is 12.4 Å². The van der Waals surface area contributed by atoms with Crippen LogP contribution in [0.4, 0.5) is 0 Å². The average molecular weight is 359 g/mol. The summed E-state index contributed by atoms with van der Waals surface area (Å²) in [5.74, 6) is 0.122. The Hall–Kier alpha value is -1.84. The molecule has 2 aromatic carbocycles. The van der Waals surface area contributed by atoms with E-state index >= 15 is 0 Å². The fourth-order valence-corrected chi connectivity index (χ4v) is 3.76. The average Bonchev–Trinajstić information content (AvgIpc) is 3.11. The third-order valence-electron chi connectivity index (χ3n) is 5.17. The number of halogens is 1. The van der Waals surface area contributed by atoms with Gasteiger partial charge < -0.3 is 11.1 Å². The van der Waals surface area contributed by atoms with Gasteiger partial charge in [0, 0.05) is 12.6 Å². The maximum Gasteiger partial charge on any atom is 0.230 e. The van der Waals surface area contributed by atoms with E-state index in [-0.39, 0.29) is 29.8 Å². The van der Waals surface area contributed by atoms with Gasteiger partial charge in [-0.25, -0.2) is 0 Å². The second-order valence-corrected chi connectivity index (χ2v) is 6.89. The largest absolute Gasteiger partial charge is 0.353 e. The standard InChI is InChI=1S/C21H26N2O.ClH/c1-16-8-7-11-18(14-16)21(12-5-6-13-21)20(24)23-15-19(22)17-9-3-2-4-10-17;/h2-4,7-11,14,19H,5-6,12-13,15,22H2,1H3,(H,23,24);1H. The van der Waals surface area contributed by atoms with Crippen LogP contribution in [0.25, 0.3) is 0 Å². The van der Waals surface area contributed by atoms with E-state index in [4.69, 9.17) is 5.73 Å². The topological polar surface area (TPSA) is 55.1 Å². The SMILES string of the molecule is Cc1cccc(C2(C(=O)NCC(N)c3ccccc3)CCCC2)c1.Cl. The van der Waals surface area contributed by atoms with Crippen LogP contribution < -0.4 is 11.1 Å². The van der Waals surface area contributed by atoms with E-state index in [2.05, 4.69) is 30.4 Å². The van der Waals surface area contributed by atoms with E-state index in [0.29, 0.717) is 6.54 Å². The summed E-state index contributed by atoms with van der Waals surface area (Å²) in [6.07, 6.45) is 4.05. The van der Waals surface area contributed by atoms with Gasteiger partial charge in [0.2, 0.25) is 5.91 Å². The third kappa shape index (κ3) is 4.23. The molecule has 0 saturated heterocycles. The molecule has 0 spiro atoms. The first kappa shape index (κ1) is 19.5. The highest BCUT2D eigenvalue weighted by Crippen LogP contribution is 2.41. The summed E-state index contributed by atoms with van der Waals surface area (Å²) in [5.41, 5.74) is 9.24. The van der Waals surface area contributed by atoms with Crippen molar-refractivity contribution in [1.82, 2.24) is 5.32 Å². The zero-order valence-corrected chi connectivity index (χ0v) is 15.5. The van der Waals surface area contributed by atoms with E-state index < -0.39 is 0 Å². The molecule has 1 saturated carbocycles. The molecule has 25 heavy (non-hydrogen) atoms. The number of hydrogen-bond acceptors (Lipinski definition) is 2. The maximum atomic E-state index is 13.0. The van der Waals surface area contributed by atoms with Crippen molar-refractivity contribution in [3.8, 4) is 0 Å². The van der Waals surface area contributed by atoms with Crippen LogP contribution in [0, 0.1) is 6.92 Å². The zero-order chi connectivity index (χ0) is 17.0. The van der Waals surface area contributed by atoms with Crippen molar-refractivity contribution in [3.63, 3.8) is 0 Å². The minimum atomic E-state index is -0.386. The van der Waals surface area contributed by atoms with Gasteiger partial charge in [-0.3, -0.25) is 4.79 Å². The Labute approximate surface area is 156 Å². The van der Waals surface area contributed by atoms with Gasteiger partial charge in [0.15, 0.2) is 0 Å². The number of carbonyl (C=O) groups excluding carboxylic acids is 1. The molecule has 1 aliphatic carbocycles. The molecular formula is C21H27ClN2O. The summed E-state index contributed by atoms with van der Waals surface area (Å²) >= 11 is 0. The van der Waals surface area contributed by atoms with Crippen LogP contribution in [0.15, 0.2) is 54.6 Å². The first-order valence-corrected chi connectivity index (χ1v) is 8.78. The fourth-order valence-electron chi connectivity index (χ4n) is 3.76. The van der Waals surface area contributed by atoms with Gasteiger partial charge in [-0.2, -0.15) is 0 Å². The molecule has 4 heteroatoms. The van der Waals surface area contributed by atoms with E-state index in [9.17, 15) is 4.79 Å². The van der Waals surface area contributed by atoms with E-state index in [1.54, 1.807) is 0 Å². The normalized spacial score (nSPS) is 16.7. The summed E-state index contributed by atoms with van der Waals surface area (Å²) in [5, 5.41) is 3.12. The van der Waals surface area contributed by atoms with Gasteiger partial charge in [0.05, 0.1) is 5.41 Å². The molecular weight excluding hydrogens is 332 g/mol. The molecule has 3 N–H and O–H groups in total. The number of benzene rings is 2. The highest BCUT2D eigenvalue weighted by Gasteiger charge is 2.42. The highest BCUT2D eigenvalue weighted by molar-refractivity contribution is 5.88. The number of nitrogens with one attached hydrogen (secondary N) is 1. The van der Waals surface area contributed by atoms with E-state index in [0.717, 1.165) is 36.8 Å². The first-order chi connectivity index (χ1) is 11.6. The lowest BCUT2D eigenvalue weighted by Gasteiger charge is -2.29. The summed E-state index contributed by atoms with van der Waals surface area (Å²) in [6.45, 7) is 2.55. The van der Waals surface area contributed by atoms with E-state index in [1.807, 2.05) is 36.4 Å². The molecule has 0 bridgehead atoms. The second kappa shape index (κ2) is 8.50. The molecule has 3 nitrogen and oxygen atoms in total. The number of hydrogen-bond donors (Lipinski definition) is 2. The van der Waals surface area contributed by atoms with Crippen molar-refractivity contribution in [2.24, 2.45) is 5.73 Å². The number of amides is 1. The quantitative estimate of drug-likeness (QED) is 0.847. The van der Waals surface area contributed by atoms with E-state index in [1.165, 1.54) is 5.56 Å². The fraction of sp³-hybridized carbons (Fsp3) is 0.381. The minimum absolute atomic E-state index is 0. The van der Waals surface area contributed by atoms with Crippen molar-refractivity contribution in [1.29, 1.82) is 0 Å². The Bertz CT molecular complexity index is 696. The Morgan fingerprint density at radius 2 is 1.80 bits per heavy atom. The van der Waals surface area contributed by atoms with Gasteiger partial charge >= 0.3 is 0 Å². The van der Waals surface area contributed by atoms with Crippen LogP contribution in [0.5, 0.6) is 0 Å². The molecule has 1 fully saturated rings. The maximum absolute atomic E-state index is 13.0. The molecule has 2 aromatic rings. The first-order valence-electron chi connectivity index (χ1n) is 8.78. The lowest BCUT2D eigenvalue weighted by atomic mass is 9.77. The number of carbonyl (C=O) groups is 1. The van der Waals surface area contributed by atoms with Crippen molar-refractivity contribution >= 4 is 18.3 Å². The zero-order valence-electron chi connectivity index (χ0n) is 14.7. The molecule has 1 aliphatic rings. The predicted molar refractivity (Wildman–Crippen MR) is 105 cm³/mol. The van der Waals surface area contributed by atoms with Gasteiger partial charge in [0.1, 0.15) is 0 Å². The van der Waals surface area contributed by atoms with Gasteiger partial charge in [-0.1, -0.05) is 73.0 Å². The van der Waals surface area contributed by atoms with Crippen molar-refractivity contribution in [3.05, 3.63) is 71.3 Å². The minimum Gasteiger partial charge on any atom is -0.353 e. The molecule has 1 amide bonds. The molecule has 0 aromatic heterocycles. The van der Waals surface area contributed by atoms with Gasteiger partial charge in [0.25, 0.3) is 0 Å². The molecule has 1 atom stereocenters. The molecule has 0 aliphatic heterocycles. The smallest absolute Gasteiger partial charge is 0.230 e. The molecule has 3 rings (SSSR count). The Balaban J connectivity index is 0.00000225. The van der Waals surface area contributed by atoms with Crippen molar-refractivity contribution < 1.29 is 4.79 Å². The Morgan fingerprint density at radius 1 is 1.12 bits per heavy atom. The van der Waals surface area contributed by atoms with Crippen LogP contribution in [-0.2, 0) is 10.2 Å². The Kier molecular flexibility index (Phi) is 6.63. The Morgan fingerprint density at radius 3 is 2.44 bits per heavy atom. The van der Waals surface area contributed by atoms with Crippen molar-refractivity contribution in [2.75, 3.05) is 6.54 Å². The second-order valence-electron chi connectivity index (χ2n) is 6.89. The lowest BCUT2D eigenvalue weighted by molar-refractivity contribution is -0.126. The van der Waals surface area contributed by atoms with Crippen molar-refractivity contribution in [2.45, 2.75) is 44.1 Å². The number of nitrogens with two attached hydrogens (primary N) is 1. The summed E-state index contributed by atoms with van der Waals surface area (Å²) in [7, 11) is 0. The molecule has 1 unspecified atom stereocenters. The van der Waals surface area contributed by atoms with Crippen LogP contribution in [0.1, 0.15) is 48.4 Å². The van der Waals surface area contributed by atoms with Gasteiger partial charge in [-0.15, -0.1) is 12.4 Å². The molecule has 134 valence electrons. The summed E-state index contributed by atoms with van der Waals surface area (Å²) in [4.78, 5) is 13.0. The molecule has 0 heterocycles. The predicted octanol–water partition coefficient (Wildman–Crippen LogP) is 4.04. The number of rotatable bonds is 5. The highest BCUT2D eigenvalue weighted by atomic mass is 35.5. The number of aryl methyl sites for hydroxylation is 1. The third-order valence-corrected chi connectivity index (χ3v) is 5.17. The van der Waals surface area contributed by atoms with Crippen LogP contribution in [0.2, 0.25) is 0 Å². The lowest BCUT2D eigenvalue weighted by Crippen LogP contribution is -2.44.